The number of carboxylic acid groups (broad SMARTS) is 1. The van der Waals surface area contributed by atoms with Crippen LogP contribution in [0.5, 0.6) is 0 Å². The number of carboxylic acids is 1. The van der Waals surface area contributed by atoms with E-state index in [0.29, 0.717) is 12.0 Å². The Morgan fingerprint density at radius 2 is 1.91 bits per heavy atom. The van der Waals surface area contributed by atoms with Crippen LogP contribution in [-0.2, 0) is 4.79 Å². The van der Waals surface area contributed by atoms with E-state index in [-0.39, 0.29) is 0 Å². The lowest BCUT2D eigenvalue weighted by molar-refractivity contribution is -0.143. The predicted molar refractivity (Wildman–Crippen MR) is 88.7 cm³/mol. The molecule has 2 heterocycles. The number of amides is 1. The maximum atomic E-state index is 12.2. The van der Waals surface area contributed by atoms with E-state index in [2.05, 4.69) is 15.2 Å². The lowest BCUT2D eigenvalue weighted by Crippen LogP contribution is -2.51. The van der Waals surface area contributed by atoms with Crippen molar-refractivity contribution in [2.75, 3.05) is 18.0 Å². The number of nitrogens with zero attached hydrogens (tertiary/aromatic N) is 2. The summed E-state index contributed by atoms with van der Waals surface area (Å²) in [5.41, 5.74) is -0.884. The predicted octanol–water partition coefficient (Wildman–Crippen LogP) is 2.45. The first-order valence-corrected chi connectivity index (χ1v) is 8.23. The van der Waals surface area contributed by atoms with E-state index >= 15 is 0 Å². The van der Waals surface area contributed by atoms with Crippen molar-refractivity contribution in [3.8, 4) is 0 Å². The smallest absolute Gasteiger partial charge is 0.329 e. The molecule has 1 aliphatic heterocycles. The number of carbonyl (C=O) groups excluding carboxylic acids is 1. The summed E-state index contributed by atoms with van der Waals surface area (Å²) < 4.78 is 0. The lowest BCUT2D eigenvalue weighted by Gasteiger charge is -2.25. The molecule has 2 rings (SSSR count). The zero-order valence-electron chi connectivity index (χ0n) is 13.8. The van der Waals surface area contributed by atoms with Crippen LogP contribution >= 0.6 is 0 Å². The first kappa shape index (κ1) is 17.2. The van der Waals surface area contributed by atoms with E-state index in [4.69, 9.17) is 0 Å². The molecule has 1 saturated heterocycles. The molecule has 1 aliphatic rings. The highest BCUT2D eigenvalue weighted by molar-refractivity contribution is 5.97. The van der Waals surface area contributed by atoms with Crippen LogP contribution in [0.2, 0.25) is 0 Å². The molecule has 0 aromatic carbocycles. The standard InChI is InChI=1S/C17H25N3O3/c1-3-17(2,16(22)23)19-15(21)13-8-9-14(18-12-13)20-10-6-4-5-7-11-20/h8-9,12H,3-7,10-11H2,1-2H3,(H,19,21)(H,22,23). The Hall–Kier alpha value is -2.11. The fourth-order valence-corrected chi connectivity index (χ4v) is 2.62. The molecule has 126 valence electrons. The summed E-state index contributed by atoms with van der Waals surface area (Å²) >= 11 is 0. The molecule has 1 atom stereocenters. The molecule has 0 spiro atoms. The highest BCUT2D eigenvalue weighted by Gasteiger charge is 2.33. The van der Waals surface area contributed by atoms with Crippen molar-refractivity contribution in [1.82, 2.24) is 10.3 Å². The van der Waals surface area contributed by atoms with Gasteiger partial charge in [0.15, 0.2) is 0 Å². The summed E-state index contributed by atoms with van der Waals surface area (Å²) in [6.07, 6.45) is 6.67. The van der Waals surface area contributed by atoms with E-state index in [1.807, 2.05) is 6.07 Å². The van der Waals surface area contributed by atoms with Gasteiger partial charge in [-0.3, -0.25) is 4.79 Å². The molecule has 0 bridgehead atoms. The number of rotatable bonds is 5. The Bertz CT molecular complexity index is 551. The molecular formula is C17H25N3O3. The molecule has 1 unspecified atom stereocenters. The summed E-state index contributed by atoms with van der Waals surface area (Å²) in [5, 5.41) is 11.8. The second-order valence-corrected chi connectivity index (χ2v) is 6.25. The Kier molecular flexibility index (Phi) is 5.58. The van der Waals surface area contributed by atoms with Gasteiger partial charge >= 0.3 is 5.97 Å². The molecule has 6 heteroatoms. The van der Waals surface area contributed by atoms with Crippen LogP contribution in [0.25, 0.3) is 0 Å². The van der Waals surface area contributed by atoms with E-state index < -0.39 is 17.4 Å². The van der Waals surface area contributed by atoms with Gasteiger partial charge in [-0.05, 0) is 38.3 Å². The third kappa shape index (κ3) is 4.21. The minimum absolute atomic E-state index is 0.313. The molecule has 23 heavy (non-hydrogen) atoms. The minimum atomic E-state index is -1.26. The van der Waals surface area contributed by atoms with Gasteiger partial charge in [-0.2, -0.15) is 0 Å². The average Bonchev–Trinajstić information content (AvgIpc) is 2.84. The molecule has 1 amide bonds. The third-order valence-corrected chi connectivity index (χ3v) is 4.51. The van der Waals surface area contributed by atoms with Gasteiger partial charge in [0.2, 0.25) is 0 Å². The van der Waals surface area contributed by atoms with Gasteiger partial charge in [-0.15, -0.1) is 0 Å². The van der Waals surface area contributed by atoms with Crippen LogP contribution in [0, 0.1) is 0 Å². The van der Waals surface area contributed by atoms with Crippen molar-refractivity contribution in [3.05, 3.63) is 23.9 Å². The first-order valence-electron chi connectivity index (χ1n) is 8.23. The molecule has 2 N–H and O–H groups in total. The number of carbonyl (C=O) groups is 2. The van der Waals surface area contributed by atoms with Gasteiger partial charge in [-0.25, -0.2) is 9.78 Å². The van der Waals surface area contributed by atoms with Gasteiger partial charge in [0.05, 0.1) is 5.56 Å². The second kappa shape index (κ2) is 7.44. The van der Waals surface area contributed by atoms with Crippen LogP contribution in [0.4, 0.5) is 5.82 Å². The van der Waals surface area contributed by atoms with Gasteiger partial charge in [0, 0.05) is 19.3 Å². The summed E-state index contributed by atoms with van der Waals surface area (Å²) in [6.45, 7) is 5.22. The zero-order chi connectivity index (χ0) is 16.9. The topological polar surface area (TPSA) is 82.5 Å². The maximum Gasteiger partial charge on any atom is 0.329 e. The van der Waals surface area contributed by atoms with Gasteiger partial charge in [-0.1, -0.05) is 19.8 Å². The fourth-order valence-electron chi connectivity index (χ4n) is 2.62. The Balaban J connectivity index is 2.06. The minimum Gasteiger partial charge on any atom is -0.480 e. The summed E-state index contributed by atoms with van der Waals surface area (Å²) in [6, 6.07) is 3.55. The number of aromatic nitrogens is 1. The van der Waals surface area contributed by atoms with Crippen molar-refractivity contribution in [1.29, 1.82) is 0 Å². The number of nitrogens with one attached hydrogen (secondary N) is 1. The SMILES string of the molecule is CCC(C)(NC(=O)c1ccc(N2CCCCCC2)nc1)C(=O)O. The molecule has 1 aromatic heterocycles. The molecular weight excluding hydrogens is 294 g/mol. The molecule has 6 nitrogen and oxygen atoms in total. The van der Waals surface area contributed by atoms with Gasteiger partial charge in [0.25, 0.3) is 5.91 Å². The normalized spacial score (nSPS) is 17.9. The van der Waals surface area contributed by atoms with Crippen LogP contribution in [0.15, 0.2) is 18.3 Å². The van der Waals surface area contributed by atoms with Crippen LogP contribution in [0.3, 0.4) is 0 Å². The molecule has 1 aromatic rings. The van der Waals surface area contributed by atoms with Crippen molar-refractivity contribution in [3.63, 3.8) is 0 Å². The van der Waals surface area contributed by atoms with E-state index in [1.54, 1.807) is 13.0 Å². The van der Waals surface area contributed by atoms with Crippen LogP contribution in [-0.4, -0.2) is 40.6 Å². The van der Waals surface area contributed by atoms with Crippen molar-refractivity contribution in [2.24, 2.45) is 0 Å². The highest BCUT2D eigenvalue weighted by atomic mass is 16.4. The number of hydrogen-bond acceptors (Lipinski definition) is 4. The first-order chi connectivity index (χ1) is 11.0. The van der Waals surface area contributed by atoms with E-state index in [1.165, 1.54) is 26.0 Å². The number of anilines is 1. The molecule has 1 fully saturated rings. The quantitative estimate of drug-likeness (QED) is 0.871. The van der Waals surface area contributed by atoms with Crippen molar-refractivity contribution in [2.45, 2.75) is 51.5 Å². The van der Waals surface area contributed by atoms with Crippen LogP contribution in [0.1, 0.15) is 56.3 Å². The number of hydrogen-bond donors (Lipinski definition) is 2. The Labute approximate surface area is 136 Å². The molecule has 0 radical (unpaired) electrons. The highest BCUT2D eigenvalue weighted by Crippen LogP contribution is 2.18. The van der Waals surface area contributed by atoms with E-state index in [9.17, 15) is 14.7 Å². The molecule has 0 saturated carbocycles. The summed E-state index contributed by atoms with van der Waals surface area (Å²) in [5.74, 6) is -0.575. The van der Waals surface area contributed by atoms with E-state index in [0.717, 1.165) is 31.7 Å². The lowest BCUT2D eigenvalue weighted by atomic mass is 9.99. The number of aliphatic carboxylic acids is 1. The molecule has 0 aliphatic carbocycles. The maximum absolute atomic E-state index is 12.2. The largest absolute Gasteiger partial charge is 0.480 e. The fraction of sp³-hybridized carbons (Fsp3) is 0.588. The third-order valence-electron chi connectivity index (χ3n) is 4.51. The summed E-state index contributed by atoms with van der Waals surface area (Å²) in [4.78, 5) is 30.1. The zero-order valence-corrected chi connectivity index (χ0v) is 13.8. The van der Waals surface area contributed by atoms with Gasteiger partial charge in [0.1, 0.15) is 11.4 Å². The second-order valence-electron chi connectivity index (χ2n) is 6.25. The van der Waals surface area contributed by atoms with Crippen molar-refractivity contribution < 1.29 is 14.7 Å². The monoisotopic (exact) mass is 319 g/mol. The Morgan fingerprint density at radius 1 is 1.26 bits per heavy atom. The number of pyridine rings is 1. The van der Waals surface area contributed by atoms with Crippen LogP contribution < -0.4 is 10.2 Å². The van der Waals surface area contributed by atoms with Gasteiger partial charge < -0.3 is 15.3 Å². The average molecular weight is 319 g/mol. The Morgan fingerprint density at radius 3 is 2.39 bits per heavy atom. The summed E-state index contributed by atoms with van der Waals surface area (Å²) in [7, 11) is 0. The van der Waals surface area contributed by atoms with Crippen molar-refractivity contribution >= 4 is 17.7 Å².